The van der Waals surface area contributed by atoms with E-state index >= 15 is 0 Å². The summed E-state index contributed by atoms with van der Waals surface area (Å²) in [6.07, 6.45) is 0. The number of benzene rings is 1. The van der Waals surface area contributed by atoms with Gasteiger partial charge in [0.15, 0.2) is 16.8 Å². The molecule has 0 aromatic heterocycles. The predicted octanol–water partition coefficient (Wildman–Crippen LogP) is 2.53. The molecule has 1 aromatic carbocycles. The van der Waals surface area contributed by atoms with Crippen LogP contribution in [0.4, 0.5) is 8.78 Å². The van der Waals surface area contributed by atoms with E-state index in [-0.39, 0.29) is 11.5 Å². The smallest absolute Gasteiger partial charge is 0.259 e. The maximum atomic E-state index is 13.1. The Morgan fingerprint density at radius 1 is 1.44 bits per heavy atom. The van der Waals surface area contributed by atoms with Crippen LogP contribution in [0.3, 0.4) is 0 Å². The van der Waals surface area contributed by atoms with E-state index in [9.17, 15) is 13.6 Å². The number of halogens is 2. The molecule has 18 heavy (non-hydrogen) atoms. The number of carbonyl (C=O) groups excluding carboxylic acids is 1. The van der Waals surface area contributed by atoms with Crippen LogP contribution in [0.15, 0.2) is 23.2 Å². The summed E-state index contributed by atoms with van der Waals surface area (Å²) in [5.74, 6) is -1.50. The van der Waals surface area contributed by atoms with E-state index in [1.54, 1.807) is 0 Å². The maximum Gasteiger partial charge on any atom is 0.259 e. The molecule has 6 heteroatoms. The molecule has 3 nitrogen and oxygen atoms in total. The average molecular weight is 270 g/mol. The Morgan fingerprint density at radius 3 is 2.89 bits per heavy atom. The third kappa shape index (κ3) is 2.53. The van der Waals surface area contributed by atoms with Gasteiger partial charge in [-0.25, -0.2) is 8.78 Å². The molecule has 1 aromatic rings. The lowest BCUT2D eigenvalue weighted by Gasteiger charge is -2.17. The van der Waals surface area contributed by atoms with Gasteiger partial charge in [-0.3, -0.25) is 14.7 Å². The van der Waals surface area contributed by atoms with Gasteiger partial charge in [0.2, 0.25) is 0 Å². The lowest BCUT2D eigenvalue weighted by atomic mass is 10.2. The minimum absolute atomic E-state index is 0.139. The third-order valence-corrected chi connectivity index (χ3v) is 3.38. The second-order valence-electron chi connectivity index (χ2n) is 3.68. The molecule has 0 bridgehead atoms. The number of nitrogens with zero attached hydrogens (tertiary/aromatic N) is 2. The molecule has 0 unspecified atom stereocenters. The van der Waals surface area contributed by atoms with E-state index in [2.05, 4.69) is 4.99 Å². The van der Waals surface area contributed by atoms with Crippen molar-refractivity contribution in [3.05, 3.63) is 35.4 Å². The average Bonchev–Trinajstić information content (AvgIpc) is 2.80. The van der Waals surface area contributed by atoms with Crippen molar-refractivity contribution in [2.75, 3.05) is 18.8 Å². The first-order chi connectivity index (χ1) is 8.63. The molecule has 96 valence electrons. The van der Waals surface area contributed by atoms with Crippen LogP contribution in [0, 0.1) is 11.6 Å². The van der Waals surface area contributed by atoms with Crippen LogP contribution in [-0.2, 0) is 0 Å². The van der Waals surface area contributed by atoms with Crippen LogP contribution in [0.5, 0.6) is 0 Å². The van der Waals surface area contributed by atoms with Crippen molar-refractivity contribution in [1.82, 2.24) is 4.90 Å². The van der Waals surface area contributed by atoms with Gasteiger partial charge in [0.25, 0.3) is 5.91 Å². The quantitative estimate of drug-likeness (QED) is 0.827. The highest BCUT2D eigenvalue weighted by Crippen LogP contribution is 2.18. The van der Waals surface area contributed by atoms with Crippen molar-refractivity contribution < 1.29 is 13.6 Å². The van der Waals surface area contributed by atoms with Gasteiger partial charge >= 0.3 is 0 Å². The van der Waals surface area contributed by atoms with Gasteiger partial charge < -0.3 is 0 Å². The van der Waals surface area contributed by atoms with Crippen LogP contribution >= 0.6 is 11.8 Å². The second-order valence-corrected chi connectivity index (χ2v) is 4.91. The number of amidine groups is 1. The standard InChI is InChI=1S/C12H12F2N2OS/c1-2-18-12-15-5-6-16(12)11(17)8-3-4-9(13)10(14)7-8/h3-4,7H,2,5-6H2,1H3. The van der Waals surface area contributed by atoms with Crippen molar-refractivity contribution >= 4 is 22.8 Å². The molecule has 2 rings (SSSR count). The van der Waals surface area contributed by atoms with Crippen molar-refractivity contribution in [3.63, 3.8) is 0 Å². The summed E-state index contributed by atoms with van der Waals surface area (Å²) in [6.45, 7) is 3.00. The van der Waals surface area contributed by atoms with Crippen LogP contribution < -0.4 is 0 Å². The Labute approximate surface area is 108 Å². The topological polar surface area (TPSA) is 32.7 Å². The van der Waals surface area contributed by atoms with Crippen LogP contribution in [0.25, 0.3) is 0 Å². The van der Waals surface area contributed by atoms with Crippen LogP contribution in [0.2, 0.25) is 0 Å². The van der Waals surface area contributed by atoms with Gasteiger partial charge in [-0.15, -0.1) is 0 Å². The molecule has 0 atom stereocenters. The van der Waals surface area contributed by atoms with Crippen molar-refractivity contribution in [2.24, 2.45) is 4.99 Å². The Balaban J connectivity index is 2.21. The summed E-state index contributed by atoms with van der Waals surface area (Å²) in [5.41, 5.74) is 0.139. The Kier molecular flexibility index (Phi) is 3.96. The largest absolute Gasteiger partial charge is 0.286 e. The fourth-order valence-corrected chi connectivity index (χ4v) is 2.42. The predicted molar refractivity (Wildman–Crippen MR) is 67.8 cm³/mol. The molecule has 0 fully saturated rings. The van der Waals surface area contributed by atoms with E-state index in [1.807, 2.05) is 6.92 Å². The van der Waals surface area contributed by atoms with Gasteiger partial charge in [-0.05, 0) is 24.0 Å². The van der Waals surface area contributed by atoms with E-state index in [0.29, 0.717) is 18.3 Å². The number of carbonyl (C=O) groups is 1. The molecule has 1 amide bonds. The fourth-order valence-electron chi connectivity index (χ4n) is 1.65. The van der Waals surface area contributed by atoms with Gasteiger partial charge in [0, 0.05) is 12.1 Å². The molecule has 0 N–H and O–H groups in total. The molecular formula is C12H12F2N2OS. The maximum absolute atomic E-state index is 13.1. The van der Waals surface area contributed by atoms with Crippen molar-refractivity contribution in [1.29, 1.82) is 0 Å². The number of rotatable bonds is 2. The normalized spacial score (nSPS) is 14.8. The summed E-state index contributed by atoms with van der Waals surface area (Å²) < 4.78 is 25.9. The fraction of sp³-hybridized carbons (Fsp3) is 0.333. The third-order valence-electron chi connectivity index (χ3n) is 2.49. The molecule has 0 aliphatic carbocycles. The zero-order valence-corrected chi connectivity index (χ0v) is 10.6. The highest BCUT2D eigenvalue weighted by Gasteiger charge is 2.25. The molecule has 0 radical (unpaired) electrons. The molecule has 1 aliphatic rings. The van der Waals surface area contributed by atoms with E-state index in [4.69, 9.17) is 0 Å². The lowest BCUT2D eigenvalue weighted by molar-refractivity contribution is 0.0860. The zero-order chi connectivity index (χ0) is 13.1. The van der Waals surface area contributed by atoms with Crippen LogP contribution in [0.1, 0.15) is 17.3 Å². The summed E-state index contributed by atoms with van der Waals surface area (Å²) in [5, 5.41) is 0.646. The first-order valence-corrected chi connectivity index (χ1v) is 6.56. The molecule has 0 saturated heterocycles. The van der Waals surface area contributed by atoms with E-state index < -0.39 is 11.6 Å². The summed E-state index contributed by atoms with van der Waals surface area (Å²) in [7, 11) is 0. The number of hydrogen-bond donors (Lipinski definition) is 0. The van der Waals surface area contributed by atoms with Gasteiger partial charge in [0.05, 0.1) is 6.54 Å². The lowest BCUT2D eigenvalue weighted by Crippen LogP contribution is -2.33. The highest BCUT2D eigenvalue weighted by molar-refractivity contribution is 8.13. The summed E-state index contributed by atoms with van der Waals surface area (Å²) in [6, 6.07) is 3.17. The number of hydrogen-bond acceptors (Lipinski definition) is 3. The molecule has 0 spiro atoms. The van der Waals surface area contributed by atoms with Crippen molar-refractivity contribution in [2.45, 2.75) is 6.92 Å². The molecule has 1 heterocycles. The van der Waals surface area contributed by atoms with E-state index in [1.165, 1.54) is 22.7 Å². The molecular weight excluding hydrogens is 258 g/mol. The van der Waals surface area contributed by atoms with Crippen molar-refractivity contribution in [3.8, 4) is 0 Å². The number of thioether (sulfide) groups is 1. The monoisotopic (exact) mass is 270 g/mol. The minimum atomic E-state index is -1.01. The highest BCUT2D eigenvalue weighted by atomic mass is 32.2. The van der Waals surface area contributed by atoms with Gasteiger partial charge in [-0.1, -0.05) is 18.7 Å². The molecule has 1 aliphatic heterocycles. The van der Waals surface area contributed by atoms with E-state index in [0.717, 1.165) is 17.9 Å². The minimum Gasteiger partial charge on any atom is -0.286 e. The first kappa shape index (κ1) is 13.0. The Morgan fingerprint density at radius 2 is 2.22 bits per heavy atom. The van der Waals surface area contributed by atoms with Gasteiger partial charge in [0.1, 0.15) is 0 Å². The number of amides is 1. The Bertz CT molecular complexity index is 505. The number of aliphatic imine (C=N–C) groups is 1. The first-order valence-electron chi connectivity index (χ1n) is 5.57. The summed E-state index contributed by atoms with van der Waals surface area (Å²) >= 11 is 1.46. The second kappa shape index (κ2) is 5.48. The van der Waals surface area contributed by atoms with Crippen LogP contribution in [-0.4, -0.2) is 34.8 Å². The Hall–Kier alpha value is -1.43. The molecule has 0 saturated carbocycles. The SMILES string of the molecule is CCSC1=NCCN1C(=O)c1ccc(F)c(F)c1. The zero-order valence-electron chi connectivity index (χ0n) is 9.82. The van der Waals surface area contributed by atoms with Gasteiger partial charge in [-0.2, -0.15) is 0 Å². The summed E-state index contributed by atoms with van der Waals surface area (Å²) in [4.78, 5) is 17.8.